The van der Waals surface area contributed by atoms with E-state index in [1.807, 2.05) is 4.90 Å². The highest BCUT2D eigenvalue weighted by atomic mass is 32.1. The van der Waals surface area contributed by atoms with E-state index in [0.717, 1.165) is 25.9 Å². The van der Waals surface area contributed by atoms with Crippen molar-refractivity contribution < 1.29 is 4.79 Å². The molecule has 96 valence electrons. The second kappa shape index (κ2) is 7.26. The lowest BCUT2D eigenvalue weighted by Gasteiger charge is -2.21. The molecule has 0 bridgehead atoms. The van der Waals surface area contributed by atoms with Crippen LogP contribution >= 0.6 is 12.6 Å². The summed E-state index contributed by atoms with van der Waals surface area (Å²) < 4.78 is 1.52. The molecule has 0 radical (unpaired) electrons. The van der Waals surface area contributed by atoms with Gasteiger partial charge in [0.1, 0.15) is 0 Å². The fraction of sp³-hybridized carbons (Fsp3) is 0.800. The molecule has 0 N–H and O–H groups in total. The van der Waals surface area contributed by atoms with Gasteiger partial charge in [-0.25, -0.2) is 4.68 Å². The van der Waals surface area contributed by atoms with Crippen LogP contribution in [0.5, 0.6) is 0 Å². The van der Waals surface area contributed by atoms with E-state index < -0.39 is 0 Å². The lowest BCUT2D eigenvalue weighted by atomic mass is 10.3. The van der Waals surface area contributed by atoms with Crippen LogP contribution in [0.3, 0.4) is 0 Å². The molecular formula is C10H19N5OS. The molecule has 0 aliphatic heterocycles. The second-order valence-corrected chi connectivity index (χ2v) is 4.23. The third kappa shape index (κ3) is 4.33. The van der Waals surface area contributed by atoms with Crippen LogP contribution in [-0.4, -0.2) is 44.1 Å². The van der Waals surface area contributed by atoms with Gasteiger partial charge < -0.3 is 4.90 Å². The Labute approximate surface area is 107 Å². The van der Waals surface area contributed by atoms with E-state index in [9.17, 15) is 4.79 Å². The molecular weight excluding hydrogens is 238 g/mol. The number of amides is 1. The zero-order chi connectivity index (χ0) is 12.7. The summed E-state index contributed by atoms with van der Waals surface area (Å²) in [4.78, 5) is 13.8. The zero-order valence-electron chi connectivity index (χ0n) is 10.3. The molecule has 6 nitrogen and oxygen atoms in total. The molecule has 1 heterocycles. The number of hydrogen-bond donors (Lipinski definition) is 1. The SMILES string of the molecule is CCCN(CCC)C(=O)CCn1nnnc1S. The van der Waals surface area contributed by atoms with Gasteiger partial charge in [0.15, 0.2) is 0 Å². The predicted molar refractivity (Wildman–Crippen MR) is 66.8 cm³/mol. The van der Waals surface area contributed by atoms with E-state index >= 15 is 0 Å². The quantitative estimate of drug-likeness (QED) is 0.740. The molecule has 0 aliphatic rings. The van der Waals surface area contributed by atoms with E-state index in [-0.39, 0.29) is 5.91 Å². The van der Waals surface area contributed by atoms with Crippen molar-refractivity contribution in [3.05, 3.63) is 0 Å². The summed E-state index contributed by atoms with van der Waals surface area (Å²) in [5.41, 5.74) is 0. The third-order valence-corrected chi connectivity index (χ3v) is 2.71. The van der Waals surface area contributed by atoms with Gasteiger partial charge in [0.2, 0.25) is 11.1 Å². The number of rotatable bonds is 7. The molecule has 1 aromatic heterocycles. The average molecular weight is 257 g/mol. The predicted octanol–water partition coefficient (Wildman–Crippen LogP) is 1.00. The molecule has 0 unspecified atom stereocenters. The van der Waals surface area contributed by atoms with Crippen molar-refractivity contribution in [2.24, 2.45) is 0 Å². The van der Waals surface area contributed by atoms with Gasteiger partial charge >= 0.3 is 0 Å². The van der Waals surface area contributed by atoms with Crippen LogP contribution in [0.1, 0.15) is 33.1 Å². The number of nitrogens with zero attached hydrogens (tertiary/aromatic N) is 5. The molecule has 17 heavy (non-hydrogen) atoms. The highest BCUT2D eigenvalue weighted by molar-refractivity contribution is 7.80. The topological polar surface area (TPSA) is 63.9 Å². The molecule has 0 saturated heterocycles. The Morgan fingerprint density at radius 1 is 1.35 bits per heavy atom. The number of aryl methyl sites for hydroxylation is 1. The van der Waals surface area contributed by atoms with Crippen molar-refractivity contribution in [3.8, 4) is 0 Å². The van der Waals surface area contributed by atoms with Gasteiger partial charge in [-0.2, -0.15) is 0 Å². The minimum atomic E-state index is 0.150. The first-order valence-electron chi connectivity index (χ1n) is 5.92. The number of hydrogen-bond acceptors (Lipinski definition) is 5. The van der Waals surface area contributed by atoms with Crippen LogP contribution in [0, 0.1) is 0 Å². The van der Waals surface area contributed by atoms with Crippen molar-refractivity contribution in [1.82, 2.24) is 25.1 Å². The van der Waals surface area contributed by atoms with E-state index in [1.54, 1.807) is 0 Å². The number of carbonyl (C=O) groups is 1. The van der Waals surface area contributed by atoms with E-state index in [1.165, 1.54) is 4.68 Å². The first kappa shape index (κ1) is 14.0. The largest absolute Gasteiger partial charge is 0.343 e. The Kier molecular flexibility index (Phi) is 5.96. The van der Waals surface area contributed by atoms with Gasteiger partial charge in [-0.05, 0) is 23.3 Å². The van der Waals surface area contributed by atoms with E-state index in [2.05, 4.69) is 42.0 Å². The molecule has 1 amide bonds. The molecule has 1 aromatic rings. The Hall–Kier alpha value is -1.11. The summed E-state index contributed by atoms with van der Waals surface area (Å²) in [5.74, 6) is 0.150. The van der Waals surface area contributed by atoms with Gasteiger partial charge in [-0.3, -0.25) is 4.79 Å². The molecule has 0 fully saturated rings. The zero-order valence-corrected chi connectivity index (χ0v) is 11.2. The summed E-state index contributed by atoms with van der Waals surface area (Å²) in [5, 5.41) is 11.3. The average Bonchev–Trinajstić information content (AvgIpc) is 2.71. The Balaban J connectivity index is 2.44. The summed E-state index contributed by atoms with van der Waals surface area (Å²) in [6.07, 6.45) is 2.38. The summed E-state index contributed by atoms with van der Waals surface area (Å²) in [6, 6.07) is 0. The molecule has 0 spiro atoms. The van der Waals surface area contributed by atoms with Gasteiger partial charge in [-0.15, -0.1) is 17.7 Å². The molecule has 0 aliphatic carbocycles. The van der Waals surface area contributed by atoms with Crippen LogP contribution in [-0.2, 0) is 11.3 Å². The lowest BCUT2D eigenvalue weighted by Crippen LogP contribution is -2.33. The third-order valence-electron chi connectivity index (χ3n) is 2.39. The Morgan fingerprint density at radius 2 is 2.00 bits per heavy atom. The van der Waals surface area contributed by atoms with Crippen LogP contribution in [0.2, 0.25) is 0 Å². The smallest absolute Gasteiger partial charge is 0.224 e. The maximum absolute atomic E-state index is 11.9. The highest BCUT2D eigenvalue weighted by Gasteiger charge is 2.12. The Morgan fingerprint density at radius 3 is 2.47 bits per heavy atom. The Bertz CT molecular complexity index is 348. The first-order valence-corrected chi connectivity index (χ1v) is 6.36. The maximum atomic E-state index is 11.9. The van der Waals surface area contributed by atoms with E-state index in [4.69, 9.17) is 0 Å². The van der Waals surface area contributed by atoms with Gasteiger partial charge in [0, 0.05) is 19.5 Å². The maximum Gasteiger partial charge on any atom is 0.224 e. The van der Waals surface area contributed by atoms with Crippen molar-refractivity contribution >= 4 is 18.5 Å². The molecule has 0 atom stereocenters. The summed E-state index contributed by atoms with van der Waals surface area (Å²) in [6.45, 7) is 6.26. The number of tetrazole rings is 1. The summed E-state index contributed by atoms with van der Waals surface area (Å²) >= 11 is 4.09. The summed E-state index contributed by atoms with van der Waals surface area (Å²) in [7, 11) is 0. The molecule has 0 saturated carbocycles. The van der Waals surface area contributed by atoms with Crippen LogP contribution in [0.15, 0.2) is 5.16 Å². The van der Waals surface area contributed by atoms with Gasteiger partial charge in [0.05, 0.1) is 6.54 Å². The van der Waals surface area contributed by atoms with Crippen LogP contribution in [0.25, 0.3) is 0 Å². The molecule has 1 rings (SSSR count). The number of aromatic nitrogens is 4. The monoisotopic (exact) mass is 257 g/mol. The fourth-order valence-electron chi connectivity index (χ4n) is 1.61. The van der Waals surface area contributed by atoms with Crippen molar-refractivity contribution in [3.63, 3.8) is 0 Å². The highest BCUT2D eigenvalue weighted by Crippen LogP contribution is 2.03. The molecule has 0 aromatic carbocycles. The first-order chi connectivity index (χ1) is 8.19. The number of thiol groups is 1. The second-order valence-electron chi connectivity index (χ2n) is 3.83. The normalized spacial score (nSPS) is 10.5. The van der Waals surface area contributed by atoms with Gasteiger partial charge in [0.25, 0.3) is 0 Å². The van der Waals surface area contributed by atoms with Crippen LogP contribution < -0.4 is 0 Å². The number of carbonyl (C=O) groups excluding carboxylic acids is 1. The molecule has 7 heteroatoms. The van der Waals surface area contributed by atoms with Crippen LogP contribution in [0.4, 0.5) is 0 Å². The fourth-order valence-corrected chi connectivity index (χ4v) is 1.79. The van der Waals surface area contributed by atoms with Crippen molar-refractivity contribution in [1.29, 1.82) is 0 Å². The van der Waals surface area contributed by atoms with E-state index in [0.29, 0.717) is 18.1 Å². The van der Waals surface area contributed by atoms with Crippen molar-refractivity contribution in [2.75, 3.05) is 13.1 Å². The minimum absolute atomic E-state index is 0.150. The van der Waals surface area contributed by atoms with Gasteiger partial charge in [-0.1, -0.05) is 13.8 Å². The lowest BCUT2D eigenvalue weighted by molar-refractivity contribution is -0.131. The van der Waals surface area contributed by atoms with Crippen molar-refractivity contribution in [2.45, 2.75) is 44.8 Å². The minimum Gasteiger partial charge on any atom is -0.343 e. The standard InChI is InChI=1S/C10H19N5OS/c1-3-6-14(7-4-2)9(16)5-8-15-10(17)11-12-13-15/h3-8H2,1-2H3,(H,11,13,17).